The minimum atomic E-state index is -3.98. The lowest BCUT2D eigenvalue weighted by molar-refractivity contribution is 0.339. The molecule has 0 saturated heterocycles. The molecule has 0 aliphatic heterocycles. The lowest BCUT2D eigenvalue weighted by Crippen LogP contribution is -2.22. The van der Waals surface area contributed by atoms with Gasteiger partial charge in [0.15, 0.2) is 5.75 Å². The molecule has 0 fully saturated rings. The zero-order chi connectivity index (χ0) is 23.4. The quantitative estimate of drug-likeness (QED) is 0.502. The van der Waals surface area contributed by atoms with Gasteiger partial charge < -0.3 is 9.47 Å². The fraction of sp³-hybridized carbons (Fsp3) is 0.182. The van der Waals surface area contributed by atoms with Crippen LogP contribution in [0.4, 0.5) is 5.69 Å². The van der Waals surface area contributed by atoms with Crippen LogP contribution in [0.5, 0.6) is 17.2 Å². The van der Waals surface area contributed by atoms with Crippen molar-refractivity contribution in [1.29, 1.82) is 0 Å². The number of ether oxygens (including phenoxy) is 2. The van der Waals surface area contributed by atoms with Crippen molar-refractivity contribution in [3.8, 4) is 17.2 Å². The highest BCUT2D eigenvalue weighted by atomic mass is 32.2. The van der Waals surface area contributed by atoms with Gasteiger partial charge in [0.05, 0.1) is 22.1 Å². The van der Waals surface area contributed by atoms with Gasteiger partial charge in [0.25, 0.3) is 10.0 Å². The maximum Gasteiger partial charge on any atom is 0.262 e. The highest BCUT2D eigenvalue weighted by molar-refractivity contribution is 7.92. The predicted molar refractivity (Wildman–Crippen MR) is 122 cm³/mol. The van der Waals surface area contributed by atoms with Crippen molar-refractivity contribution < 1.29 is 26.3 Å². The van der Waals surface area contributed by atoms with E-state index < -0.39 is 20.0 Å². The largest absolute Gasteiger partial charge is 0.494 e. The van der Waals surface area contributed by atoms with Crippen LogP contribution in [0.15, 0.2) is 82.6 Å². The molecular formula is C22H24N2O6S2. The zero-order valence-corrected chi connectivity index (χ0v) is 19.5. The summed E-state index contributed by atoms with van der Waals surface area (Å²) in [7, 11) is -4.83. The molecule has 0 aliphatic carbocycles. The van der Waals surface area contributed by atoms with E-state index in [4.69, 9.17) is 9.47 Å². The fourth-order valence-electron chi connectivity index (χ4n) is 2.74. The average Bonchev–Trinajstić information content (AvgIpc) is 2.76. The first-order valence-corrected chi connectivity index (χ1v) is 12.6. The lowest BCUT2D eigenvalue weighted by atomic mass is 10.3. The number of nitrogens with zero attached hydrogens (tertiary/aromatic N) is 1. The molecule has 0 radical (unpaired) electrons. The van der Waals surface area contributed by atoms with Crippen LogP contribution in [0.3, 0.4) is 0 Å². The summed E-state index contributed by atoms with van der Waals surface area (Å²) in [6.45, 7) is 2.44. The zero-order valence-electron chi connectivity index (χ0n) is 17.8. The number of anilines is 1. The van der Waals surface area contributed by atoms with Crippen LogP contribution in [0.25, 0.3) is 0 Å². The van der Waals surface area contributed by atoms with Gasteiger partial charge in [-0.25, -0.2) is 21.1 Å². The van der Waals surface area contributed by atoms with Crippen LogP contribution in [-0.2, 0) is 20.0 Å². The molecule has 3 rings (SSSR count). The Balaban J connectivity index is 1.82. The Hall–Kier alpha value is -3.08. The van der Waals surface area contributed by atoms with Crippen molar-refractivity contribution in [3.05, 3.63) is 72.8 Å². The second kappa shape index (κ2) is 9.60. The fourth-order valence-corrected chi connectivity index (χ4v) is 4.71. The third-order valence-corrected chi connectivity index (χ3v) is 7.62. The summed E-state index contributed by atoms with van der Waals surface area (Å²) in [5, 5.41) is 0. The van der Waals surface area contributed by atoms with E-state index in [-0.39, 0.29) is 15.5 Å². The van der Waals surface area contributed by atoms with E-state index in [1.165, 1.54) is 38.4 Å². The van der Waals surface area contributed by atoms with Gasteiger partial charge in [-0.15, -0.1) is 0 Å². The topological polar surface area (TPSA) is 102 Å². The Bertz CT molecular complexity index is 1270. The molecule has 32 heavy (non-hydrogen) atoms. The summed E-state index contributed by atoms with van der Waals surface area (Å²) >= 11 is 0. The van der Waals surface area contributed by atoms with Crippen molar-refractivity contribution in [3.63, 3.8) is 0 Å². The normalized spacial score (nSPS) is 11.9. The number of hydrogen-bond acceptors (Lipinski definition) is 6. The molecule has 0 aromatic heterocycles. The van der Waals surface area contributed by atoms with E-state index in [9.17, 15) is 16.8 Å². The Morgan fingerprint density at radius 2 is 1.34 bits per heavy atom. The lowest BCUT2D eigenvalue weighted by Gasteiger charge is -2.14. The molecule has 0 bridgehead atoms. The van der Waals surface area contributed by atoms with Crippen LogP contribution in [0.2, 0.25) is 0 Å². The van der Waals surface area contributed by atoms with Crippen molar-refractivity contribution in [1.82, 2.24) is 4.31 Å². The maximum absolute atomic E-state index is 12.9. The van der Waals surface area contributed by atoms with Crippen molar-refractivity contribution >= 4 is 25.7 Å². The third-order valence-electron chi connectivity index (χ3n) is 4.41. The highest BCUT2D eigenvalue weighted by Gasteiger charge is 2.20. The van der Waals surface area contributed by atoms with E-state index >= 15 is 0 Å². The number of rotatable bonds is 9. The van der Waals surface area contributed by atoms with Crippen LogP contribution in [0, 0.1) is 0 Å². The van der Waals surface area contributed by atoms with Gasteiger partial charge in [-0.2, -0.15) is 0 Å². The first-order chi connectivity index (χ1) is 15.1. The molecule has 0 atom stereocenters. The molecule has 8 nitrogen and oxygen atoms in total. The maximum atomic E-state index is 12.9. The molecule has 3 aromatic rings. The first-order valence-electron chi connectivity index (χ1n) is 9.68. The standard InChI is InChI=1S/C22H24N2O6S2/c1-4-29-17-9-11-18(12-10-17)30-22-8-6-5-7-21(22)23-31(25,26)19-13-15-20(16-14-19)32(27,28)24(2)3/h5-16,23H,4H2,1-3H3. The van der Waals surface area contributed by atoms with Crippen molar-refractivity contribution in [2.45, 2.75) is 16.7 Å². The molecule has 0 amide bonds. The summed E-state index contributed by atoms with van der Waals surface area (Å²) in [6, 6.07) is 18.6. The smallest absolute Gasteiger partial charge is 0.262 e. The Kier molecular flexibility index (Phi) is 7.07. The monoisotopic (exact) mass is 476 g/mol. The summed E-state index contributed by atoms with van der Waals surface area (Å²) in [5.74, 6) is 1.53. The Morgan fingerprint density at radius 3 is 1.94 bits per heavy atom. The van der Waals surface area contributed by atoms with Gasteiger partial charge in [-0.3, -0.25) is 4.72 Å². The summed E-state index contributed by atoms with van der Waals surface area (Å²) in [4.78, 5) is -0.0771. The Labute approximate surface area is 188 Å². The summed E-state index contributed by atoms with van der Waals surface area (Å²) in [6.07, 6.45) is 0. The number of sulfonamides is 2. The second-order valence-corrected chi connectivity index (χ2v) is 10.7. The predicted octanol–water partition coefficient (Wildman–Crippen LogP) is 3.93. The molecule has 10 heteroatoms. The van der Waals surface area contributed by atoms with Gasteiger partial charge >= 0.3 is 0 Å². The van der Waals surface area contributed by atoms with E-state index in [0.29, 0.717) is 23.9 Å². The van der Waals surface area contributed by atoms with Gasteiger partial charge in [-0.05, 0) is 67.6 Å². The molecule has 0 saturated carbocycles. The van der Waals surface area contributed by atoms with Crippen LogP contribution in [0.1, 0.15) is 6.92 Å². The highest BCUT2D eigenvalue weighted by Crippen LogP contribution is 2.32. The Morgan fingerprint density at radius 1 is 0.781 bits per heavy atom. The van der Waals surface area contributed by atoms with E-state index in [2.05, 4.69) is 4.72 Å². The first kappa shape index (κ1) is 23.6. The number of nitrogens with one attached hydrogen (secondary N) is 1. The molecule has 0 aliphatic rings. The van der Waals surface area contributed by atoms with Gasteiger partial charge in [0, 0.05) is 14.1 Å². The minimum absolute atomic E-state index is 0.000632. The number of hydrogen-bond donors (Lipinski definition) is 1. The van der Waals surface area contributed by atoms with Crippen molar-refractivity contribution in [2.75, 3.05) is 25.4 Å². The van der Waals surface area contributed by atoms with E-state index in [0.717, 1.165) is 4.31 Å². The number of benzene rings is 3. The molecular weight excluding hydrogens is 452 g/mol. The molecule has 170 valence electrons. The second-order valence-electron chi connectivity index (χ2n) is 6.87. The summed E-state index contributed by atoms with van der Waals surface area (Å²) in [5.41, 5.74) is 0.242. The molecule has 0 spiro atoms. The molecule has 0 unspecified atom stereocenters. The van der Waals surface area contributed by atoms with E-state index in [1.807, 2.05) is 6.92 Å². The molecule has 1 N–H and O–H groups in total. The van der Waals surface area contributed by atoms with E-state index in [1.54, 1.807) is 48.5 Å². The van der Waals surface area contributed by atoms with Gasteiger partial charge in [0.2, 0.25) is 10.0 Å². The average molecular weight is 477 g/mol. The van der Waals surface area contributed by atoms with Crippen LogP contribution in [-0.4, -0.2) is 41.8 Å². The van der Waals surface area contributed by atoms with Crippen LogP contribution >= 0.6 is 0 Å². The SMILES string of the molecule is CCOc1ccc(Oc2ccccc2NS(=O)(=O)c2ccc(S(=O)(=O)N(C)C)cc2)cc1. The van der Waals surface area contributed by atoms with Crippen LogP contribution < -0.4 is 14.2 Å². The summed E-state index contributed by atoms with van der Waals surface area (Å²) < 4.78 is 65.0. The molecule has 0 heterocycles. The third kappa shape index (κ3) is 5.39. The van der Waals surface area contributed by atoms with Gasteiger partial charge in [0.1, 0.15) is 11.5 Å². The minimum Gasteiger partial charge on any atom is -0.494 e. The van der Waals surface area contributed by atoms with Gasteiger partial charge in [-0.1, -0.05) is 12.1 Å². The molecule has 3 aromatic carbocycles. The van der Waals surface area contributed by atoms with Crippen molar-refractivity contribution in [2.24, 2.45) is 0 Å². The number of para-hydroxylation sites is 2.